The number of hydrogen-bond acceptors (Lipinski definition) is 5. The Morgan fingerprint density at radius 3 is 2.90 bits per heavy atom. The van der Waals surface area contributed by atoms with Gasteiger partial charge in [0, 0.05) is 5.39 Å². The number of nitriles is 1. The number of rotatable bonds is 5. The van der Waals surface area contributed by atoms with Crippen LogP contribution in [-0.2, 0) is 4.79 Å². The molecule has 0 aliphatic carbocycles. The summed E-state index contributed by atoms with van der Waals surface area (Å²) in [6, 6.07) is 9.49. The lowest BCUT2D eigenvalue weighted by Gasteiger charge is -2.07. The molecule has 0 fully saturated rings. The van der Waals surface area contributed by atoms with Crippen molar-refractivity contribution >= 4 is 28.4 Å². The number of pyridine rings is 1. The van der Waals surface area contributed by atoms with Crippen LogP contribution in [0.15, 0.2) is 29.3 Å². The van der Waals surface area contributed by atoms with Gasteiger partial charge in [-0.3, -0.25) is 4.79 Å². The lowest BCUT2D eigenvalue weighted by atomic mass is 10.1. The third-order valence-corrected chi connectivity index (χ3v) is 3.73. The number of thioether (sulfide) groups is 1. The molecule has 102 valence electrons. The SMILES string of the molecule is CCOc1ccc2nc(SCC(C)=O)c(C#N)cc2c1. The molecule has 0 amide bonds. The number of hydrogen-bond donors (Lipinski definition) is 0. The molecule has 20 heavy (non-hydrogen) atoms. The van der Waals surface area contributed by atoms with Crippen molar-refractivity contribution in [3.05, 3.63) is 29.8 Å². The molecule has 1 aromatic heterocycles. The number of carbonyl (C=O) groups is 1. The third-order valence-electron chi connectivity index (χ3n) is 2.59. The summed E-state index contributed by atoms with van der Waals surface area (Å²) in [5, 5.41) is 10.7. The number of carbonyl (C=O) groups excluding carboxylic acids is 1. The van der Waals surface area contributed by atoms with Gasteiger partial charge in [0.05, 0.1) is 23.4 Å². The summed E-state index contributed by atoms with van der Waals surface area (Å²) in [4.78, 5) is 15.5. The van der Waals surface area contributed by atoms with Crippen molar-refractivity contribution < 1.29 is 9.53 Å². The second-order valence-electron chi connectivity index (χ2n) is 4.23. The molecule has 0 saturated heterocycles. The zero-order chi connectivity index (χ0) is 14.5. The van der Waals surface area contributed by atoms with E-state index in [1.165, 1.54) is 18.7 Å². The highest BCUT2D eigenvalue weighted by molar-refractivity contribution is 8.00. The molecule has 0 aliphatic rings. The van der Waals surface area contributed by atoms with Gasteiger partial charge < -0.3 is 4.74 Å². The van der Waals surface area contributed by atoms with Crippen LogP contribution in [0.4, 0.5) is 0 Å². The highest BCUT2D eigenvalue weighted by atomic mass is 32.2. The maximum atomic E-state index is 11.0. The summed E-state index contributed by atoms with van der Waals surface area (Å²) in [5.41, 5.74) is 1.27. The summed E-state index contributed by atoms with van der Waals surface area (Å²) in [5.74, 6) is 1.15. The van der Waals surface area contributed by atoms with Crippen molar-refractivity contribution in [2.75, 3.05) is 12.4 Å². The van der Waals surface area contributed by atoms with Crippen molar-refractivity contribution in [1.29, 1.82) is 5.26 Å². The Balaban J connectivity index is 2.43. The van der Waals surface area contributed by atoms with E-state index in [9.17, 15) is 10.1 Å². The van der Waals surface area contributed by atoms with Crippen molar-refractivity contribution in [2.45, 2.75) is 18.9 Å². The van der Waals surface area contributed by atoms with Crippen molar-refractivity contribution in [3.63, 3.8) is 0 Å². The van der Waals surface area contributed by atoms with Crippen LogP contribution < -0.4 is 4.74 Å². The van der Waals surface area contributed by atoms with E-state index in [1.807, 2.05) is 25.1 Å². The summed E-state index contributed by atoms with van der Waals surface area (Å²) in [6.45, 7) is 4.04. The van der Waals surface area contributed by atoms with Gasteiger partial charge in [-0.1, -0.05) is 11.8 Å². The summed E-state index contributed by atoms with van der Waals surface area (Å²) in [7, 11) is 0. The fourth-order valence-corrected chi connectivity index (χ4v) is 2.52. The van der Waals surface area contributed by atoms with Crippen molar-refractivity contribution in [3.8, 4) is 11.8 Å². The van der Waals surface area contributed by atoms with Crippen LogP contribution >= 0.6 is 11.8 Å². The largest absolute Gasteiger partial charge is 0.494 e. The molecule has 2 rings (SSSR count). The molecule has 2 aromatic rings. The zero-order valence-electron chi connectivity index (χ0n) is 11.3. The smallest absolute Gasteiger partial charge is 0.140 e. The standard InChI is InChI=1S/C15H14N2O2S/c1-3-19-13-4-5-14-11(7-13)6-12(8-16)15(17-14)20-9-10(2)18/h4-7H,3,9H2,1-2H3. The summed E-state index contributed by atoms with van der Waals surface area (Å²) >= 11 is 1.29. The fourth-order valence-electron chi connectivity index (χ4n) is 1.75. The first-order chi connectivity index (χ1) is 9.63. The Kier molecular flexibility index (Phi) is 4.59. The number of fused-ring (bicyclic) bond motifs is 1. The minimum atomic E-state index is 0.0625. The Hall–Kier alpha value is -2.06. The monoisotopic (exact) mass is 286 g/mol. The molecule has 0 aliphatic heterocycles. The van der Waals surface area contributed by atoms with E-state index in [4.69, 9.17) is 4.74 Å². The van der Waals surface area contributed by atoms with E-state index < -0.39 is 0 Å². The zero-order valence-corrected chi connectivity index (χ0v) is 12.2. The number of benzene rings is 1. The molecule has 0 saturated carbocycles. The van der Waals surface area contributed by atoms with Gasteiger partial charge in [-0.05, 0) is 38.1 Å². The molecular weight excluding hydrogens is 272 g/mol. The molecule has 0 radical (unpaired) electrons. The van der Waals surface area contributed by atoms with Gasteiger partial charge in [0.2, 0.25) is 0 Å². The van der Waals surface area contributed by atoms with Gasteiger partial charge >= 0.3 is 0 Å². The summed E-state index contributed by atoms with van der Waals surface area (Å²) < 4.78 is 5.44. The first-order valence-corrected chi connectivity index (χ1v) is 7.22. The Morgan fingerprint density at radius 1 is 1.45 bits per heavy atom. The van der Waals surface area contributed by atoms with E-state index in [2.05, 4.69) is 11.1 Å². The molecule has 0 atom stereocenters. The Labute approximate surface area is 121 Å². The van der Waals surface area contributed by atoms with Crippen molar-refractivity contribution in [2.24, 2.45) is 0 Å². The lowest BCUT2D eigenvalue weighted by Crippen LogP contribution is -1.97. The van der Waals surface area contributed by atoms with Crippen LogP contribution in [-0.4, -0.2) is 23.1 Å². The maximum Gasteiger partial charge on any atom is 0.140 e. The van der Waals surface area contributed by atoms with E-state index in [0.717, 1.165) is 16.7 Å². The molecule has 0 N–H and O–H groups in total. The number of Topliss-reactive ketones (excluding diaryl/α,β-unsaturated/α-hetero) is 1. The van der Waals surface area contributed by atoms with Gasteiger partial charge in [0.15, 0.2) is 0 Å². The normalized spacial score (nSPS) is 10.2. The molecule has 0 bridgehead atoms. The first-order valence-electron chi connectivity index (χ1n) is 6.24. The predicted octanol–water partition coefficient (Wildman–Crippen LogP) is 3.19. The Bertz CT molecular complexity index is 692. The highest BCUT2D eigenvalue weighted by Crippen LogP contribution is 2.27. The first kappa shape index (κ1) is 14.4. The highest BCUT2D eigenvalue weighted by Gasteiger charge is 2.09. The van der Waals surface area contributed by atoms with Crippen molar-refractivity contribution in [1.82, 2.24) is 4.98 Å². The molecule has 4 nitrogen and oxygen atoms in total. The Morgan fingerprint density at radius 2 is 2.25 bits per heavy atom. The third kappa shape index (κ3) is 3.28. The van der Waals surface area contributed by atoms with Gasteiger partial charge in [-0.2, -0.15) is 5.26 Å². The number of ketones is 1. The molecule has 0 spiro atoms. The fraction of sp³-hybridized carbons (Fsp3) is 0.267. The van der Waals surface area contributed by atoms with E-state index >= 15 is 0 Å². The minimum absolute atomic E-state index is 0.0625. The summed E-state index contributed by atoms with van der Waals surface area (Å²) in [6.07, 6.45) is 0. The van der Waals surface area contributed by atoms with Gasteiger partial charge in [0.25, 0.3) is 0 Å². The van der Waals surface area contributed by atoms with Gasteiger partial charge in [-0.15, -0.1) is 0 Å². The predicted molar refractivity (Wildman–Crippen MR) is 79.0 cm³/mol. The maximum absolute atomic E-state index is 11.0. The van der Waals surface area contributed by atoms with E-state index in [-0.39, 0.29) is 5.78 Å². The number of ether oxygens (including phenoxy) is 1. The average molecular weight is 286 g/mol. The second kappa shape index (κ2) is 6.40. The van der Waals surface area contributed by atoms with Gasteiger partial charge in [-0.25, -0.2) is 4.98 Å². The van der Waals surface area contributed by atoms with Crippen LogP contribution in [0.1, 0.15) is 19.4 Å². The average Bonchev–Trinajstić information content (AvgIpc) is 2.44. The van der Waals surface area contributed by atoms with Crippen LogP contribution in [0.25, 0.3) is 10.9 Å². The topological polar surface area (TPSA) is 63.0 Å². The molecule has 1 aromatic carbocycles. The number of nitrogens with zero attached hydrogens (tertiary/aromatic N) is 2. The van der Waals surface area contributed by atoms with Crippen LogP contribution in [0.2, 0.25) is 0 Å². The second-order valence-corrected chi connectivity index (χ2v) is 5.20. The molecule has 5 heteroatoms. The molecule has 0 unspecified atom stereocenters. The minimum Gasteiger partial charge on any atom is -0.494 e. The molecular formula is C15H14N2O2S. The van der Waals surface area contributed by atoms with Crippen LogP contribution in [0, 0.1) is 11.3 Å². The lowest BCUT2D eigenvalue weighted by molar-refractivity contribution is -0.114. The quantitative estimate of drug-likeness (QED) is 0.790. The van der Waals surface area contributed by atoms with Crippen LogP contribution in [0.3, 0.4) is 0 Å². The number of aromatic nitrogens is 1. The van der Waals surface area contributed by atoms with E-state index in [0.29, 0.717) is 22.9 Å². The van der Waals surface area contributed by atoms with Gasteiger partial charge in [0.1, 0.15) is 22.6 Å². The molecule has 1 heterocycles. The van der Waals surface area contributed by atoms with Crippen LogP contribution in [0.5, 0.6) is 5.75 Å². The van der Waals surface area contributed by atoms with E-state index in [1.54, 1.807) is 6.07 Å².